The number of anilines is 2. The number of benzene rings is 1. The van der Waals surface area contributed by atoms with Crippen LogP contribution in [0.5, 0.6) is 0 Å². The molecular weight excluding hydrogens is 490 g/mol. The Kier molecular flexibility index (Phi) is 7.18. The van der Waals surface area contributed by atoms with E-state index in [1.165, 1.54) is 18.3 Å². The largest absolute Gasteiger partial charge is 0.414 e. The van der Waals surface area contributed by atoms with E-state index in [0.29, 0.717) is 36.6 Å². The average molecular weight is 518 g/mol. The van der Waals surface area contributed by atoms with Crippen molar-refractivity contribution in [2.45, 2.75) is 39.0 Å². The molecular formula is C26H27F4N5O2. The fourth-order valence-electron chi connectivity index (χ4n) is 4.62. The molecule has 0 aliphatic carbocycles. The molecule has 2 aliphatic heterocycles. The molecule has 196 valence electrons. The molecule has 3 atom stereocenters. The van der Waals surface area contributed by atoms with Crippen LogP contribution in [-0.4, -0.2) is 66.3 Å². The van der Waals surface area contributed by atoms with Crippen LogP contribution in [0.4, 0.5) is 28.9 Å². The number of pyridine rings is 1. The number of aromatic nitrogens is 1. The minimum Gasteiger partial charge on any atom is -0.367 e. The van der Waals surface area contributed by atoms with Crippen molar-refractivity contribution < 1.29 is 27.2 Å². The first-order chi connectivity index (χ1) is 17.3. The summed E-state index contributed by atoms with van der Waals surface area (Å²) >= 11 is 0. The van der Waals surface area contributed by atoms with Crippen LogP contribution in [0.25, 0.3) is 11.1 Å². The van der Waals surface area contributed by atoms with Crippen molar-refractivity contribution in [2.75, 3.05) is 30.4 Å². The molecule has 2 amide bonds. The third-order valence-corrected chi connectivity index (χ3v) is 6.80. The zero-order valence-corrected chi connectivity index (χ0v) is 20.8. The van der Waals surface area contributed by atoms with Crippen molar-refractivity contribution >= 4 is 29.4 Å². The van der Waals surface area contributed by atoms with E-state index in [1.54, 1.807) is 19.2 Å². The Morgan fingerprint density at radius 1 is 1.11 bits per heavy atom. The first-order valence-corrected chi connectivity index (χ1v) is 11.8. The topological polar surface area (TPSA) is 77.9 Å². The molecule has 2 aliphatic rings. The number of aliphatic imine (C=N–C) groups is 1. The summed E-state index contributed by atoms with van der Waals surface area (Å²) in [6.45, 7) is 6.86. The molecule has 1 aromatic heterocycles. The lowest BCUT2D eigenvalue weighted by molar-refractivity contribution is -0.124. The summed E-state index contributed by atoms with van der Waals surface area (Å²) in [5.74, 6) is -4.50. The van der Waals surface area contributed by atoms with Crippen LogP contribution < -0.4 is 10.2 Å². The minimum atomic E-state index is -4.91. The molecule has 0 spiro atoms. The number of hydrogen-bond donors (Lipinski definition) is 1. The monoisotopic (exact) mass is 517 g/mol. The number of alkyl halides is 3. The molecule has 7 nitrogen and oxygen atoms in total. The number of nitrogens with zero attached hydrogens (tertiary/aromatic N) is 4. The Bertz CT molecular complexity index is 1280. The molecule has 0 bridgehead atoms. The predicted molar refractivity (Wildman–Crippen MR) is 133 cm³/mol. The van der Waals surface area contributed by atoms with E-state index in [4.69, 9.17) is 0 Å². The molecule has 0 radical (unpaired) electrons. The van der Waals surface area contributed by atoms with E-state index in [0.717, 1.165) is 5.56 Å². The number of likely N-dealkylation sites (N-methyl/N-ethyl adjacent to an activating group) is 1. The molecule has 3 heterocycles. The highest BCUT2D eigenvalue weighted by Crippen LogP contribution is 2.38. The van der Waals surface area contributed by atoms with Gasteiger partial charge >= 0.3 is 6.18 Å². The van der Waals surface area contributed by atoms with Gasteiger partial charge in [-0.1, -0.05) is 0 Å². The molecule has 0 saturated carbocycles. The second-order valence-corrected chi connectivity index (χ2v) is 9.55. The Morgan fingerprint density at radius 3 is 2.41 bits per heavy atom. The van der Waals surface area contributed by atoms with E-state index >= 15 is 4.39 Å². The Hall–Kier alpha value is -3.60. The smallest absolute Gasteiger partial charge is 0.367 e. The number of hydrogen-bond acceptors (Lipinski definition) is 5. The zero-order valence-electron chi connectivity index (χ0n) is 20.8. The third-order valence-electron chi connectivity index (χ3n) is 6.80. The number of dihydropyridines is 1. The quantitative estimate of drug-likeness (QED) is 0.610. The maximum atomic E-state index is 15.4. The molecule has 1 fully saturated rings. The van der Waals surface area contributed by atoms with E-state index < -0.39 is 35.3 Å². The molecule has 11 heteroatoms. The second-order valence-electron chi connectivity index (χ2n) is 9.55. The van der Waals surface area contributed by atoms with Gasteiger partial charge in [-0.2, -0.15) is 13.2 Å². The summed E-state index contributed by atoms with van der Waals surface area (Å²) in [5, 5.41) is 2.56. The summed E-state index contributed by atoms with van der Waals surface area (Å²) in [6, 6.07) is 4.63. The van der Waals surface area contributed by atoms with Crippen LogP contribution in [0.15, 0.2) is 47.2 Å². The van der Waals surface area contributed by atoms with Crippen LogP contribution in [0.1, 0.15) is 19.4 Å². The molecule has 4 rings (SSSR count). The molecule has 1 aromatic carbocycles. The van der Waals surface area contributed by atoms with Crippen molar-refractivity contribution in [3.63, 3.8) is 0 Å². The van der Waals surface area contributed by atoms with Crippen molar-refractivity contribution in [3.8, 4) is 11.1 Å². The van der Waals surface area contributed by atoms with Gasteiger partial charge in [-0.25, -0.2) is 9.38 Å². The van der Waals surface area contributed by atoms with Gasteiger partial charge in [0.05, 0.1) is 16.9 Å². The Balaban J connectivity index is 1.77. The SMILES string of the molecule is Cc1cncc(-c2cc(NC(=O)C3C=NC(=O)C=C3C(F)(F)F)c(N3C[C@@H](C)N(C)[C@@H](C)C3)cc2F)c1. The van der Waals surface area contributed by atoms with Gasteiger partial charge in [-0.15, -0.1) is 0 Å². The van der Waals surface area contributed by atoms with Gasteiger partial charge in [-0.3, -0.25) is 19.5 Å². The average Bonchev–Trinajstić information content (AvgIpc) is 2.82. The number of carbonyl (C=O) groups excluding carboxylic acids is 2. The number of halogens is 4. The lowest BCUT2D eigenvalue weighted by Crippen LogP contribution is -2.55. The standard InChI is InChI=1S/C26H27F4N5O2/c1-14-5-17(10-31-9-14)18-6-22(23(8-21(18)27)35-12-15(2)34(4)16(3)13-35)33-25(37)19-11-32-24(36)7-20(19)26(28,29)30/h5-11,15-16,19H,12-13H2,1-4H3,(H,33,37)/t15-,16+,19?. The number of carbonyl (C=O) groups is 2. The highest BCUT2D eigenvalue weighted by atomic mass is 19.4. The first-order valence-electron chi connectivity index (χ1n) is 11.8. The molecule has 1 N–H and O–H groups in total. The number of rotatable bonds is 4. The fraction of sp³-hybridized carbons (Fsp3) is 0.385. The zero-order chi connectivity index (χ0) is 27.1. The number of piperazine rings is 1. The van der Waals surface area contributed by atoms with Gasteiger partial charge in [0, 0.05) is 61.0 Å². The first kappa shape index (κ1) is 26.5. The van der Waals surface area contributed by atoms with Gasteiger partial charge in [0.15, 0.2) is 0 Å². The van der Waals surface area contributed by atoms with Crippen LogP contribution in [0.3, 0.4) is 0 Å². The van der Waals surface area contributed by atoms with Gasteiger partial charge in [-0.05, 0) is 51.6 Å². The number of aryl methyl sites for hydroxylation is 1. The Morgan fingerprint density at radius 2 is 1.78 bits per heavy atom. The van der Waals surface area contributed by atoms with Crippen molar-refractivity contribution in [1.29, 1.82) is 0 Å². The van der Waals surface area contributed by atoms with Crippen molar-refractivity contribution in [1.82, 2.24) is 9.88 Å². The summed E-state index contributed by atoms with van der Waals surface area (Å²) in [4.78, 5) is 36.2. The van der Waals surface area contributed by atoms with E-state index in [-0.39, 0.29) is 23.3 Å². The van der Waals surface area contributed by atoms with Crippen LogP contribution in [0.2, 0.25) is 0 Å². The lowest BCUT2D eigenvalue weighted by Gasteiger charge is -2.44. The predicted octanol–water partition coefficient (Wildman–Crippen LogP) is 4.38. The minimum absolute atomic E-state index is 0.104. The van der Waals surface area contributed by atoms with Gasteiger partial charge < -0.3 is 10.2 Å². The van der Waals surface area contributed by atoms with Gasteiger partial charge in [0.25, 0.3) is 5.91 Å². The van der Waals surface area contributed by atoms with Crippen molar-refractivity contribution in [3.05, 3.63) is 53.6 Å². The summed E-state index contributed by atoms with van der Waals surface area (Å²) in [6.07, 6.45) is -0.810. The Labute approximate surface area is 211 Å². The van der Waals surface area contributed by atoms with E-state index in [2.05, 4.69) is 20.2 Å². The van der Waals surface area contributed by atoms with Crippen LogP contribution in [0, 0.1) is 18.7 Å². The normalized spacial score (nSPS) is 22.7. The third kappa shape index (κ3) is 5.56. The van der Waals surface area contributed by atoms with Crippen LogP contribution >= 0.6 is 0 Å². The van der Waals surface area contributed by atoms with Crippen molar-refractivity contribution in [2.24, 2.45) is 10.9 Å². The molecule has 1 unspecified atom stereocenters. The van der Waals surface area contributed by atoms with Gasteiger partial charge in [0.1, 0.15) is 11.7 Å². The lowest BCUT2D eigenvalue weighted by atomic mass is 9.95. The van der Waals surface area contributed by atoms with Crippen LogP contribution in [-0.2, 0) is 9.59 Å². The summed E-state index contributed by atoms with van der Waals surface area (Å²) < 4.78 is 56.2. The maximum absolute atomic E-state index is 15.4. The van der Waals surface area contributed by atoms with E-state index in [9.17, 15) is 22.8 Å². The maximum Gasteiger partial charge on any atom is 0.414 e. The highest BCUT2D eigenvalue weighted by Gasteiger charge is 2.43. The number of nitrogens with one attached hydrogen (secondary N) is 1. The highest BCUT2D eigenvalue weighted by molar-refractivity contribution is 6.11. The van der Waals surface area contributed by atoms with E-state index in [1.807, 2.05) is 25.8 Å². The summed E-state index contributed by atoms with van der Waals surface area (Å²) in [5.41, 5.74) is 0.585. The fourth-order valence-corrected chi connectivity index (χ4v) is 4.62. The second kappa shape index (κ2) is 10.0. The molecule has 2 aromatic rings. The number of amides is 2. The molecule has 1 saturated heterocycles. The summed E-state index contributed by atoms with van der Waals surface area (Å²) in [7, 11) is 1.98. The molecule has 37 heavy (non-hydrogen) atoms. The van der Waals surface area contributed by atoms with Gasteiger partial charge in [0.2, 0.25) is 5.91 Å².